The van der Waals surface area contributed by atoms with Gasteiger partial charge in [-0.05, 0) is 19.3 Å². The molecule has 2 aliphatic rings. The molecule has 0 aromatic carbocycles. The molecule has 1 N–H and O–H groups in total. The number of methoxy groups -OCH3 is 1. The van der Waals surface area contributed by atoms with Crippen LogP contribution in [0.25, 0.3) is 0 Å². The van der Waals surface area contributed by atoms with Crippen LogP contribution in [0.5, 0.6) is 0 Å². The van der Waals surface area contributed by atoms with Gasteiger partial charge in [0.05, 0.1) is 24.8 Å². The molecule has 132 valence electrons. The van der Waals surface area contributed by atoms with Gasteiger partial charge in [-0.1, -0.05) is 0 Å². The zero-order chi connectivity index (χ0) is 17.1. The fourth-order valence-corrected chi connectivity index (χ4v) is 3.72. The number of rotatable bonds is 6. The Kier molecular flexibility index (Phi) is 5.64. The molecule has 1 unspecified atom stereocenters. The molecule has 0 bridgehead atoms. The summed E-state index contributed by atoms with van der Waals surface area (Å²) in [5.41, 5.74) is -0.507. The lowest BCUT2D eigenvalue weighted by Crippen LogP contribution is -2.51. The summed E-state index contributed by atoms with van der Waals surface area (Å²) in [7, 11) is -1.79. The average molecular weight is 347 g/mol. The second-order valence-electron chi connectivity index (χ2n) is 6.33. The van der Waals surface area contributed by atoms with Crippen molar-refractivity contribution in [3.05, 3.63) is 0 Å². The predicted molar refractivity (Wildman–Crippen MR) is 84.2 cm³/mol. The highest BCUT2D eigenvalue weighted by Gasteiger charge is 2.49. The number of carbonyl (C=O) groups excluding carboxylic acids is 2. The zero-order valence-electron chi connectivity index (χ0n) is 13.7. The van der Waals surface area contributed by atoms with Gasteiger partial charge in [0.25, 0.3) is 0 Å². The van der Waals surface area contributed by atoms with E-state index in [1.807, 2.05) is 4.90 Å². The van der Waals surface area contributed by atoms with Crippen LogP contribution in [0.2, 0.25) is 0 Å². The average Bonchev–Trinajstić information content (AvgIpc) is 2.91. The Balaban J connectivity index is 1.96. The van der Waals surface area contributed by atoms with Crippen LogP contribution in [-0.2, 0) is 24.3 Å². The third-order valence-electron chi connectivity index (χ3n) is 4.58. The van der Waals surface area contributed by atoms with Gasteiger partial charge in [-0.3, -0.25) is 9.59 Å². The molecule has 23 heavy (non-hydrogen) atoms. The third-order valence-corrected chi connectivity index (χ3v) is 5.25. The number of piperidine rings is 1. The second kappa shape index (κ2) is 7.14. The van der Waals surface area contributed by atoms with Gasteiger partial charge in [-0.15, -0.1) is 0 Å². The first-order chi connectivity index (χ1) is 10.8. The lowest BCUT2D eigenvalue weighted by Gasteiger charge is -2.39. The normalized spacial score (nSPS) is 25.4. The Bertz CT molecular complexity index is 565. The molecule has 9 heteroatoms. The number of ether oxygens (including phenoxy) is 1. The largest absolute Gasteiger partial charge is 0.383 e. The third kappa shape index (κ3) is 4.42. The SMILES string of the molecule is COCCN1CCCC2(CCN(C(=O)CNS(C)(=O)=O)C2)C1=O. The summed E-state index contributed by atoms with van der Waals surface area (Å²) in [5.74, 6) is -0.193. The van der Waals surface area contributed by atoms with Gasteiger partial charge >= 0.3 is 0 Å². The fraction of sp³-hybridized carbons (Fsp3) is 0.857. The Morgan fingerprint density at radius 1 is 1.35 bits per heavy atom. The molecule has 0 saturated carbocycles. The minimum Gasteiger partial charge on any atom is -0.383 e. The van der Waals surface area contributed by atoms with E-state index in [1.165, 1.54) is 0 Å². The number of likely N-dealkylation sites (tertiary alicyclic amines) is 2. The number of hydrogen-bond acceptors (Lipinski definition) is 5. The molecule has 2 aliphatic heterocycles. The quantitative estimate of drug-likeness (QED) is 0.666. The van der Waals surface area contributed by atoms with Crippen LogP contribution < -0.4 is 4.72 Å². The molecule has 2 amide bonds. The summed E-state index contributed by atoms with van der Waals surface area (Å²) in [6.45, 7) is 2.42. The van der Waals surface area contributed by atoms with Gasteiger partial charge in [-0.2, -0.15) is 0 Å². The highest BCUT2D eigenvalue weighted by Crippen LogP contribution is 2.39. The van der Waals surface area contributed by atoms with Crippen LogP contribution >= 0.6 is 0 Å². The zero-order valence-corrected chi connectivity index (χ0v) is 14.5. The summed E-state index contributed by atoms with van der Waals surface area (Å²) in [4.78, 5) is 28.3. The molecule has 2 saturated heterocycles. The minimum absolute atomic E-state index is 0.0900. The summed E-state index contributed by atoms with van der Waals surface area (Å²) in [5, 5.41) is 0. The van der Waals surface area contributed by atoms with E-state index >= 15 is 0 Å². The van der Waals surface area contributed by atoms with Crippen molar-refractivity contribution in [1.82, 2.24) is 14.5 Å². The van der Waals surface area contributed by atoms with E-state index in [9.17, 15) is 18.0 Å². The molecule has 0 aliphatic carbocycles. The number of sulfonamides is 1. The standard InChI is InChI=1S/C14H25N3O5S/c1-22-9-8-16-6-3-4-14(13(16)19)5-7-17(11-14)12(18)10-15-23(2,20)21/h15H,3-11H2,1-2H3. The maximum absolute atomic E-state index is 12.8. The summed E-state index contributed by atoms with van der Waals surface area (Å²) in [6, 6.07) is 0. The number of carbonyl (C=O) groups is 2. The van der Waals surface area contributed by atoms with Gasteiger partial charge in [0.15, 0.2) is 0 Å². The van der Waals surface area contributed by atoms with Gasteiger partial charge in [0.2, 0.25) is 21.8 Å². The summed E-state index contributed by atoms with van der Waals surface area (Å²) < 4.78 is 29.4. The molecular weight excluding hydrogens is 322 g/mol. The van der Waals surface area contributed by atoms with Crippen molar-refractivity contribution in [3.63, 3.8) is 0 Å². The van der Waals surface area contributed by atoms with Crippen LogP contribution in [-0.4, -0.2) is 82.7 Å². The summed E-state index contributed by atoms with van der Waals surface area (Å²) in [6.07, 6.45) is 3.35. The Hall–Kier alpha value is -1.19. The van der Waals surface area contributed by atoms with Crippen LogP contribution in [0.4, 0.5) is 0 Å². The van der Waals surface area contributed by atoms with Crippen molar-refractivity contribution in [1.29, 1.82) is 0 Å². The van der Waals surface area contributed by atoms with E-state index in [2.05, 4.69) is 4.72 Å². The topological polar surface area (TPSA) is 96.0 Å². The maximum atomic E-state index is 12.8. The van der Waals surface area contributed by atoms with Crippen LogP contribution in [0.1, 0.15) is 19.3 Å². The van der Waals surface area contributed by atoms with E-state index < -0.39 is 15.4 Å². The number of hydrogen-bond donors (Lipinski definition) is 1. The van der Waals surface area contributed by atoms with Crippen LogP contribution in [0, 0.1) is 5.41 Å². The van der Waals surface area contributed by atoms with Crippen molar-refractivity contribution in [2.45, 2.75) is 19.3 Å². The summed E-state index contributed by atoms with van der Waals surface area (Å²) >= 11 is 0. The number of nitrogens with zero attached hydrogens (tertiary/aromatic N) is 2. The highest BCUT2D eigenvalue weighted by molar-refractivity contribution is 7.88. The Labute approximate surface area is 137 Å². The van der Waals surface area contributed by atoms with Crippen LogP contribution in [0.3, 0.4) is 0 Å². The van der Waals surface area contributed by atoms with Crippen molar-refractivity contribution in [3.8, 4) is 0 Å². The molecular formula is C14H25N3O5S. The Morgan fingerprint density at radius 2 is 2.09 bits per heavy atom. The number of nitrogens with one attached hydrogen (secondary N) is 1. The Morgan fingerprint density at radius 3 is 2.74 bits per heavy atom. The highest BCUT2D eigenvalue weighted by atomic mass is 32.2. The first kappa shape index (κ1) is 18.2. The molecule has 1 spiro atoms. The molecule has 0 aromatic rings. The molecule has 2 heterocycles. The van der Waals surface area contributed by atoms with Crippen molar-refractivity contribution < 1.29 is 22.7 Å². The molecule has 0 aromatic heterocycles. The van der Waals surface area contributed by atoms with E-state index in [1.54, 1.807) is 12.0 Å². The molecule has 1 atom stereocenters. The predicted octanol–water partition coefficient (Wildman–Crippen LogP) is -0.977. The monoisotopic (exact) mass is 347 g/mol. The van der Waals surface area contributed by atoms with Crippen molar-refractivity contribution >= 4 is 21.8 Å². The molecule has 0 radical (unpaired) electrons. The van der Waals surface area contributed by atoms with Crippen molar-refractivity contribution in [2.24, 2.45) is 5.41 Å². The van der Waals surface area contributed by atoms with E-state index in [0.717, 1.165) is 25.6 Å². The number of amides is 2. The second-order valence-corrected chi connectivity index (χ2v) is 8.16. The molecule has 8 nitrogen and oxygen atoms in total. The lowest BCUT2D eigenvalue weighted by atomic mass is 9.78. The molecule has 2 fully saturated rings. The molecule has 2 rings (SSSR count). The lowest BCUT2D eigenvalue weighted by molar-refractivity contribution is -0.146. The van der Waals surface area contributed by atoms with E-state index in [0.29, 0.717) is 32.7 Å². The van der Waals surface area contributed by atoms with E-state index in [4.69, 9.17) is 4.74 Å². The maximum Gasteiger partial charge on any atom is 0.237 e. The van der Waals surface area contributed by atoms with Gasteiger partial charge < -0.3 is 14.5 Å². The van der Waals surface area contributed by atoms with Gasteiger partial charge in [0, 0.05) is 33.3 Å². The van der Waals surface area contributed by atoms with Gasteiger partial charge in [-0.25, -0.2) is 13.1 Å². The first-order valence-corrected chi connectivity index (χ1v) is 9.67. The van der Waals surface area contributed by atoms with E-state index in [-0.39, 0.29) is 18.4 Å². The smallest absolute Gasteiger partial charge is 0.237 e. The van der Waals surface area contributed by atoms with Crippen molar-refractivity contribution in [2.75, 3.05) is 52.7 Å². The fourth-order valence-electron chi connectivity index (χ4n) is 3.34. The van der Waals surface area contributed by atoms with Crippen LogP contribution in [0.15, 0.2) is 0 Å². The first-order valence-electron chi connectivity index (χ1n) is 7.78. The minimum atomic E-state index is -3.40. The van der Waals surface area contributed by atoms with Gasteiger partial charge in [0.1, 0.15) is 0 Å².